The van der Waals surface area contributed by atoms with Gasteiger partial charge in [0.1, 0.15) is 5.82 Å². The Bertz CT molecular complexity index is 551. The van der Waals surface area contributed by atoms with E-state index in [9.17, 15) is 4.39 Å². The molecule has 0 fully saturated rings. The predicted molar refractivity (Wildman–Crippen MR) is 78.0 cm³/mol. The van der Waals surface area contributed by atoms with Crippen LogP contribution in [-0.2, 0) is 12.8 Å². The Hall–Kier alpha value is -1.38. The molecule has 0 amide bonds. The molecule has 0 heterocycles. The summed E-state index contributed by atoms with van der Waals surface area (Å²) >= 11 is 6.00. The summed E-state index contributed by atoms with van der Waals surface area (Å²) < 4.78 is 13.0. The average Bonchev–Trinajstić information content (AvgIpc) is 2.36. The molecule has 1 unspecified atom stereocenters. The van der Waals surface area contributed by atoms with Crippen molar-refractivity contribution in [3.8, 4) is 0 Å². The van der Waals surface area contributed by atoms with Gasteiger partial charge in [-0.15, -0.1) is 0 Å². The Balaban J connectivity index is 2.01. The lowest BCUT2D eigenvalue weighted by Crippen LogP contribution is -2.25. The molecule has 0 saturated heterocycles. The van der Waals surface area contributed by atoms with E-state index in [4.69, 9.17) is 17.3 Å². The highest BCUT2D eigenvalue weighted by Crippen LogP contribution is 2.19. The van der Waals surface area contributed by atoms with Gasteiger partial charge >= 0.3 is 0 Å². The van der Waals surface area contributed by atoms with E-state index in [0.29, 0.717) is 11.4 Å². The third-order valence-corrected chi connectivity index (χ3v) is 3.47. The molecule has 1 nitrogen and oxygen atoms in total. The fourth-order valence-electron chi connectivity index (χ4n) is 2.07. The van der Waals surface area contributed by atoms with Gasteiger partial charge in [0.25, 0.3) is 0 Å². The summed E-state index contributed by atoms with van der Waals surface area (Å²) in [4.78, 5) is 0. The van der Waals surface area contributed by atoms with Crippen LogP contribution in [0.3, 0.4) is 0 Å². The van der Waals surface area contributed by atoms with Gasteiger partial charge in [0.05, 0.1) is 0 Å². The predicted octanol–water partition coefficient (Wildman–Crippen LogP) is 3.90. The summed E-state index contributed by atoms with van der Waals surface area (Å²) in [6.45, 7) is 2.06. The molecule has 2 aromatic rings. The fraction of sp³-hybridized carbons (Fsp3) is 0.250. The van der Waals surface area contributed by atoms with Gasteiger partial charge in [0, 0.05) is 11.1 Å². The maximum Gasteiger partial charge on any atom is 0.124 e. The molecule has 2 rings (SSSR count). The zero-order chi connectivity index (χ0) is 13.8. The number of hydrogen-bond donors (Lipinski definition) is 1. The van der Waals surface area contributed by atoms with Crippen LogP contribution in [0.2, 0.25) is 5.02 Å². The number of nitrogens with two attached hydrogens (primary N) is 1. The lowest BCUT2D eigenvalue weighted by Gasteiger charge is -2.13. The van der Waals surface area contributed by atoms with E-state index in [1.165, 1.54) is 23.3 Å². The van der Waals surface area contributed by atoms with Crippen molar-refractivity contribution >= 4 is 11.6 Å². The molecule has 3 heteroatoms. The molecular formula is C16H17ClFN. The normalized spacial score (nSPS) is 12.4. The molecule has 19 heavy (non-hydrogen) atoms. The molecule has 0 saturated carbocycles. The van der Waals surface area contributed by atoms with Crippen molar-refractivity contribution in [1.82, 2.24) is 0 Å². The van der Waals surface area contributed by atoms with Crippen LogP contribution in [-0.4, -0.2) is 6.04 Å². The lowest BCUT2D eigenvalue weighted by atomic mass is 9.99. The van der Waals surface area contributed by atoms with Gasteiger partial charge in [-0.25, -0.2) is 4.39 Å². The Morgan fingerprint density at radius 1 is 1.11 bits per heavy atom. The summed E-state index contributed by atoms with van der Waals surface area (Å²) in [5.74, 6) is -0.319. The van der Waals surface area contributed by atoms with Crippen LogP contribution < -0.4 is 5.73 Å². The van der Waals surface area contributed by atoms with Gasteiger partial charge in [-0.1, -0.05) is 47.5 Å². The molecule has 0 aromatic heterocycles. The monoisotopic (exact) mass is 277 g/mol. The van der Waals surface area contributed by atoms with E-state index < -0.39 is 0 Å². The minimum Gasteiger partial charge on any atom is -0.327 e. The second-order valence-corrected chi connectivity index (χ2v) is 5.30. The molecule has 0 spiro atoms. The van der Waals surface area contributed by atoms with Crippen LogP contribution >= 0.6 is 11.6 Å². The smallest absolute Gasteiger partial charge is 0.124 e. The first kappa shape index (κ1) is 14.0. The van der Waals surface area contributed by atoms with Crippen LogP contribution in [0.4, 0.5) is 4.39 Å². The van der Waals surface area contributed by atoms with Crippen molar-refractivity contribution < 1.29 is 4.39 Å². The first-order valence-corrected chi connectivity index (χ1v) is 6.67. The number of hydrogen-bond acceptors (Lipinski definition) is 1. The Kier molecular flexibility index (Phi) is 4.56. The number of rotatable bonds is 4. The standard InChI is InChI=1S/C16H17ClFN/c1-11-2-4-12(5-3-11)8-15(19)9-13-6-7-14(18)10-16(13)17/h2-7,10,15H,8-9,19H2,1H3. The van der Waals surface area contributed by atoms with Crippen molar-refractivity contribution in [3.63, 3.8) is 0 Å². The molecule has 2 aromatic carbocycles. The van der Waals surface area contributed by atoms with Crippen molar-refractivity contribution in [2.75, 3.05) is 0 Å². The summed E-state index contributed by atoms with van der Waals surface area (Å²) in [5, 5.41) is 0.444. The summed E-state index contributed by atoms with van der Waals surface area (Å²) in [7, 11) is 0. The topological polar surface area (TPSA) is 26.0 Å². The minimum atomic E-state index is -0.319. The van der Waals surface area contributed by atoms with Crippen LogP contribution in [0.5, 0.6) is 0 Å². The molecule has 0 bridgehead atoms. The van der Waals surface area contributed by atoms with E-state index in [1.54, 1.807) is 6.07 Å². The molecule has 0 aliphatic carbocycles. The van der Waals surface area contributed by atoms with E-state index >= 15 is 0 Å². The first-order valence-electron chi connectivity index (χ1n) is 6.29. The minimum absolute atomic E-state index is 0.0225. The largest absolute Gasteiger partial charge is 0.327 e. The van der Waals surface area contributed by atoms with Gasteiger partial charge < -0.3 is 5.73 Å². The van der Waals surface area contributed by atoms with E-state index in [-0.39, 0.29) is 11.9 Å². The lowest BCUT2D eigenvalue weighted by molar-refractivity contribution is 0.623. The highest BCUT2D eigenvalue weighted by molar-refractivity contribution is 6.31. The number of halogens is 2. The molecule has 1 atom stereocenters. The van der Waals surface area contributed by atoms with Crippen LogP contribution in [0.25, 0.3) is 0 Å². The number of aryl methyl sites for hydroxylation is 1. The third-order valence-electron chi connectivity index (χ3n) is 3.12. The van der Waals surface area contributed by atoms with Gasteiger partial charge in [-0.05, 0) is 43.0 Å². The molecule has 0 aliphatic heterocycles. The first-order chi connectivity index (χ1) is 9.04. The molecule has 0 radical (unpaired) electrons. The second-order valence-electron chi connectivity index (χ2n) is 4.89. The van der Waals surface area contributed by atoms with Gasteiger partial charge in [-0.2, -0.15) is 0 Å². The highest BCUT2D eigenvalue weighted by Gasteiger charge is 2.09. The Morgan fingerprint density at radius 2 is 1.79 bits per heavy atom. The van der Waals surface area contributed by atoms with Crippen molar-refractivity contribution in [2.24, 2.45) is 5.73 Å². The van der Waals surface area contributed by atoms with Crippen LogP contribution in [0.15, 0.2) is 42.5 Å². The number of benzene rings is 2. The van der Waals surface area contributed by atoms with Crippen molar-refractivity contribution in [2.45, 2.75) is 25.8 Å². The zero-order valence-electron chi connectivity index (χ0n) is 10.9. The van der Waals surface area contributed by atoms with Crippen molar-refractivity contribution in [3.05, 3.63) is 70.0 Å². The summed E-state index contributed by atoms with van der Waals surface area (Å²) in [6.07, 6.45) is 1.43. The van der Waals surface area contributed by atoms with Crippen molar-refractivity contribution in [1.29, 1.82) is 0 Å². The molecule has 100 valence electrons. The van der Waals surface area contributed by atoms with Crippen LogP contribution in [0.1, 0.15) is 16.7 Å². The second kappa shape index (κ2) is 6.18. The van der Waals surface area contributed by atoms with Crippen LogP contribution in [0, 0.1) is 12.7 Å². The van der Waals surface area contributed by atoms with Gasteiger partial charge in [0.2, 0.25) is 0 Å². The molecule has 2 N–H and O–H groups in total. The molecular weight excluding hydrogens is 261 g/mol. The summed E-state index contributed by atoms with van der Waals surface area (Å²) in [5.41, 5.74) is 9.46. The zero-order valence-corrected chi connectivity index (χ0v) is 11.6. The van der Waals surface area contributed by atoms with Gasteiger partial charge in [0.15, 0.2) is 0 Å². The highest BCUT2D eigenvalue weighted by atomic mass is 35.5. The maximum atomic E-state index is 13.0. The SMILES string of the molecule is Cc1ccc(CC(N)Cc2ccc(F)cc2Cl)cc1. The average molecular weight is 278 g/mol. The molecule has 0 aliphatic rings. The Morgan fingerprint density at radius 3 is 2.42 bits per heavy atom. The summed E-state index contributed by atoms with van der Waals surface area (Å²) in [6, 6.07) is 12.7. The third kappa shape index (κ3) is 4.05. The van der Waals surface area contributed by atoms with E-state index in [2.05, 4.69) is 31.2 Å². The Labute approximate surface area is 118 Å². The quantitative estimate of drug-likeness (QED) is 0.901. The van der Waals surface area contributed by atoms with E-state index in [1.807, 2.05) is 0 Å². The van der Waals surface area contributed by atoms with E-state index in [0.717, 1.165) is 12.0 Å². The van der Waals surface area contributed by atoms with Gasteiger partial charge in [-0.3, -0.25) is 0 Å². The maximum absolute atomic E-state index is 13.0. The fourth-order valence-corrected chi connectivity index (χ4v) is 2.31.